The standard InChI is InChI=1S/C17H22F3N4OP/c1-3-9-26(25,10-4-2)13-7-5-12(6-8-13)23-16-22-11-14(15(21)24-16)17(18,19)20/h5-8,11H,3-4,9-10H2,1-2H3,(H3,21,22,23,24). The van der Waals surface area contributed by atoms with Gasteiger partial charge in [-0.05, 0) is 37.1 Å². The van der Waals surface area contributed by atoms with Gasteiger partial charge in [-0.15, -0.1) is 0 Å². The SMILES string of the molecule is CCCP(=O)(CCC)c1ccc(Nc2ncc(C(F)(F)F)c(N)n2)cc1. The van der Waals surface area contributed by atoms with E-state index in [1.807, 2.05) is 13.8 Å². The molecule has 0 radical (unpaired) electrons. The number of nitrogen functional groups attached to an aromatic ring is 1. The Balaban J connectivity index is 2.19. The number of alkyl halides is 3. The van der Waals surface area contributed by atoms with E-state index in [1.165, 1.54) is 0 Å². The minimum Gasteiger partial charge on any atom is -0.383 e. The zero-order valence-corrected chi connectivity index (χ0v) is 15.6. The number of nitrogens with zero attached hydrogens (tertiary/aromatic N) is 2. The maximum Gasteiger partial charge on any atom is 0.421 e. The molecule has 0 unspecified atom stereocenters. The lowest BCUT2D eigenvalue weighted by molar-refractivity contribution is -0.137. The summed E-state index contributed by atoms with van der Waals surface area (Å²) in [5, 5.41) is 3.61. The summed E-state index contributed by atoms with van der Waals surface area (Å²) >= 11 is 0. The molecule has 0 spiro atoms. The average Bonchev–Trinajstić information content (AvgIpc) is 2.55. The molecule has 2 aromatic rings. The summed E-state index contributed by atoms with van der Waals surface area (Å²) in [5.74, 6) is -0.671. The second-order valence-electron chi connectivity index (χ2n) is 6.00. The van der Waals surface area contributed by atoms with Gasteiger partial charge in [-0.3, -0.25) is 0 Å². The van der Waals surface area contributed by atoms with E-state index in [9.17, 15) is 17.7 Å². The smallest absolute Gasteiger partial charge is 0.383 e. The van der Waals surface area contributed by atoms with Gasteiger partial charge in [-0.25, -0.2) is 4.98 Å². The van der Waals surface area contributed by atoms with E-state index in [1.54, 1.807) is 24.3 Å². The number of nitrogens with two attached hydrogens (primary N) is 1. The van der Waals surface area contributed by atoms with Gasteiger partial charge in [0.15, 0.2) is 0 Å². The molecule has 0 saturated heterocycles. The number of rotatable bonds is 7. The van der Waals surface area contributed by atoms with Crippen LogP contribution in [0.15, 0.2) is 30.5 Å². The molecular weight excluding hydrogens is 364 g/mol. The van der Waals surface area contributed by atoms with Crippen LogP contribution < -0.4 is 16.4 Å². The summed E-state index contributed by atoms with van der Waals surface area (Å²) in [6.45, 7) is 4.01. The third kappa shape index (κ3) is 4.75. The quantitative estimate of drug-likeness (QED) is 0.678. The van der Waals surface area contributed by atoms with Crippen molar-refractivity contribution in [1.29, 1.82) is 0 Å². The lowest BCUT2D eigenvalue weighted by atomic mass is 10.3. The minimum atomic E-state index is -4.59. The Hall–Kier alpha value is -2.08. The van der Waals surface area contributed by atoms with Crippen LogP contribution in [-0.4, -0.2) is 22.3 Å². The van der Waals surface area contributed by atoms with Crippen molar-refractivity contribution in [2.45, 2.75) is 32.9 Å². The molecular formula is C17H22F3N4OP. The number of benzene rings is 1. The van der Waals surface area contributed by atoms with Crippen LogP contribution >= 0.6 is 7.14 Å². The number of halogens is 3. The Morgan fingerprint density at radius 1 is 1.12 bits per heavy atom. The molecule has 2 rings (SSSR count). The predicted molar refractivity (Wildman–Crippen MR) is 98.7 cm³/mol. The molecule has 1 heterocycles. The Labute approximate surface area is 150 Å². The molecule has 0 aliphatic rings. The van der Waals surface area contributed by atoms with E-state index in [0.29, 0.717) is 24.2 Å². The summed E-state index contributed by atoms with van der Waals surface area (Å²) in [6, 6.07) is 6.98. The van der Waals surface area contributed by atoms with Crippen LogP contribution in [0.3, 0.4) is 0 Å². The van der Waals surface area contributed by atoms with Crippen molar-refractivity contribution >= 4 is 29.9 Å². The zero-order valence-electron chi connectivity index (χ0n) is 14.7. The van der Waals surface area contributed by atoms with Gasteiger partial charge in [0.05, 0.1) is 0 Å². The van der Waals surface area contributed by atoms with Crippen molar-refractivity contribution in [3.63, 3.8) is 0 Å². The summed E-state index contributed by atoms with van der Waals surface area (Å²) in [6.07, 6.45) is -0.941. The summed E-state index contributed by atoms with van der Waals surface area (Å²) in [4.78, 5) is 7.30. The summed E-state index contributed by atoms with van der Waals surface area (Å²) in [5.41, 5.74) is 4.87. The largest absolute Gasteiger partial charge is 0.421 e. The molecule has 1 aromatic heterocycles. The van der Waals surface area contributed by atoms with E-state index in [4.69, 9.17) is 5.73 Å². The van der Waals surface area contributed by atoms with Gasteiger partial charge in [-0.2, -0.15) is 18.2 Å². The van der Waals surface area contributed by atoms with Crippen LogP contribution in [-0.2, 0) is 10.7 Å². The number of aromatic nitrogens is 2. The van der Waals surface area contributed by atoms with Crippen LogP contribution in [0.1, 0.15) is 32.3 Å². The molecule has 1 aromatic carbocycles. The highest BCUT2D eigenvalue weighted by Crippen LogP contribution is 2.45. The number of nitrogens with one attached hydrogen (secondary N) is 1. The van der Waals surface area contributed by atoms with E-state index in [-0.39, 0.29) is 5.95 Å². The first-order valence-electron chi connectivity index (χ1n) is 8.35. The lowest BCUT2D eigenvalue weighted by Crippen LogP contribution is -2.13. The van der Waals surface area contributed by atoms with E-state index < -0.39 is 24.7 Å². The number of anilines is 3. The Bertz CT molecular complexity index is 784. The van der Waals surface area contributed by atoms with Crippen molar-refractivity contribution in [1.82, 2.24) is 9.97 Å². The van der Waals surface area contributed by atoms with Crippen molar-refractivity contribution in [3.8, 4) is 0 Å². The minimum absolute atomic E-state index is 0.0338. The maximum atomic E-state index is 13.1. The maximum absolute atomic E-state index is 13.1. The molecule has 0 saturated carbocycles. The third-order valence-corrected chi connectivity index (χ3v) is 7.47. The average molecular weight is 386 g/mol. The number of hydrogen-bond donors (Lipinski definition) is 2. The van der Waals surface area contributed by atoms with E-state index in [0.717, 1.165) is 18.1 Å². The predicted octanol–water partition coefficient (Wildman–Crippen LogP) is 4.63. The Kier molecular flexibility index (Phi) is 6.29. The zero-order chi connectivity index (χ0) is 19.4. The van der Waals surface area contributed by atoms with Gasteiger partial charge >= 0.3 is 6.18 Å². The van der Waals surface area contributed by atoms with E-state index in [2.05, 4.69) is 15.3 Å². The second kappa shape index (κ2) is 8.08. The van der Waals surface area contributed by atoms with Gasteiger partial charge in [0.2, 0.25) is 5.95 Å². The molecule has 0 amide bonds. The topological polar surface area (TPSA) is 80.9 Å². The Morgan fingerprint density at radius 3 is 2.15 bits per heavy atom. The van der Waals surface area contributed by atoms with Crippen molar-refractivity contribution in [2.24, 2.45) is 0 Å². The van der Waals surface area contributed by atoms with Gasteiger partial charge < -0.3 is 15.6 Å². The summed E-state index contributed by atoms with van der Waals surface area (Å²) < 4.78 is 51.1. The van der Waals surface area contributed by atoms with E-state index >= 15 is 0 Å². The third-order valence-electron chi connectivity index (χ3n) is 3.89. The molecule has 0 fully saturated rings. The highest BCUT2D eigenvalue weighted by molar-refractivity contribution is 7.71. The van der Waals surface area contributed by atoms with Crippen molar-refractivity contribution < 1.29 is 17.7 Å². The highest BCUT2D eigenvalue weighted by atomic mass is 31.2. The Morgan fingerprint density at radius 2 is 1.69 bits per heavy atom. The highest BCUT2D eigenvalue weighted by Gasteiger charge is 2.34. The summed E-state index contributed by atoms with van der Waals surface area (Å²) in [7, 11) is -2.41. The second-order valence-corrected chi connectivity index (χ2v) is 9.19. The van der Waals surface area contributed by atoms with Gasteiger partial charge in [0, 0.05) is 29.5 Å². The molecule has 142 valence electrons. The molecule has 26 heavy (non-hydrogen) atoms. The van der Waals surface area contributed by atoms with Crippen molar-refractivity contribution in [2.75, 3.05) is 23.4 Å². The number of hydrogen-bond acceptors (Lipinski definition) is 5. The molecule has 5 nitrogen and oxygen atoms in total. The first kappa shape index (κ1) is 20.2. The van der Waals surface area contributed by atoms with Crippen LogP contribution in [0, 0.1) is 0 Å². The first-order chi connectivity index (χ1) is 12.2. The van der Waals surface area contributed by atoms with Crippen LogP contribution in [0.4, 0.5) is 30.6 Å². The fourth-order valence-electron chi connectivity index (χ4n) is 2.71. The van der Waals surface area contributed by atoms with Gasteiger partial charge in [0.1, 0.15) is 18.5 Å². The molecule has 3 N–H and O–H groups in total. The first-order valence-corrected chi connectivity index (χ1v) is 10.4. The molecule has 0 bridgehead atoms. The van der Waals surface area contributed by atoms with Gasteiger partial charge in [0.25, 0.3) is 0 Å². The van der Waals surface area contributed by atoms with Gasteiger partial charge in [-0.1, -0.05) is 13.8 Å². The normalized spacial score (nSPS) is 12.2. The molecule has 0 aliphatic heterocycles. The molecule has 0 aliphatic carbocycles. The lowest BCUT2D eigenvalue weighted by Gasteiger charge is -2.18. The fourth-order valence-corrected chi connectivity index (χ4v) is 5.59. The fraction of sp³-hybridized carbons (Fsp3) is 0.412. The van der Waals surface area contributed by atoms with Crippen LogP contribution in [0.2, 0.25) is 0 Å². The van der Waals surface area contributed by atoms with Crippen LogP contribution in [0.5, 0.6) is 0 Å². The van der Waals surface area contributed by atoms with Crippen LogP contribution in [0.25, 0.3) is 0 Å². The monoisotopic (exact) mass is 386 g/mol. The molecule has 9 heteroatoms. The molecule has 0 atom stereocenters. The van der Waals surface area contributed by atoms with Crippen molar-refractivity contribution in [3.05, 3.63) is 36.0 Å².